The minimum absolute atomic E-state index is 0.0948. The number of amides is 1. The topological polar surface area (TPSA) is 102 Å². The fourth-order valence-corrected chi connectivity index (χ4v) is 1.39. The van der Waals surface area contributed by atoms with Crippen LogP contribution in [0.15, 0.2) is 0 Å². The molecule has 0 aromatic rings. The molecule has 1 heterocycles. The first kappa shape index (κ1) is 10.9. The van der Waals surface area contributed by atoms with E-state index in [4.69, 9.17) is 15.6 Å². The molecule has 1 fully saturated rings. The fourth-order valence-electron chi connectivity index (χ4n) is 1.39. The van der Waals surface area contributed by atoms with Crippen molar-refractivity contribution >= 4 is 11.9 Å². The summed E-state index contributed by atoms with van der Waals surface area (Å²) in [5.41, 5.74) is 4.92. The lowest BCUT2D eigenvalue weighted by Crippen LogP contribution is -2.34. The van der Waals surface area contributed by atoms with Crippen LogP contribution in [0.25, 0.3) is 0 Å². The molecule has 1 saturated heterocycles. The first-order valence-corrected chi connectivity index (χ1v) is 4.47. The minimum Gasteiger partial charge on any atom is -0.479 e. The minimum atomic E-state index is -0.928. The van der Waals surface area contributed by atoms with E-state index in [1.807, 2.05) is 0 Å². The number of carbonyl (C=O) groups is 2. The van der Waals surface area contributed by atoms with E-state index in [9.17, 15) is 9.59 Å². The molecule has 14 heavy (non-hydrogen) atoms. The van der Waals surface area contributed by atoms with Crippen molar-refractivity contribution in [1.29, 1.82) is 0 Å². The fraction of sp³-hybridized carbons (Fsp3) is 0.750. The molecular formula is C8H14N2O4. The number of carboxylic acid groups (broad SMARTS) is 1. The van der Waals surface area contributed by atoms with E-state index in [0.29, 0.717) is 19.4 Å². The van der Waals surface area contributed by atoms with Crippen molar-refractivity contribution in [2.24, 2.45) is 5.73 Å². The molecule has 4 N–H and O–H groups in total. The van der Waals surface area contributed by atoms with Gasteiger partial charge < -0.3 is 20.9 Å². The molecule has 0 aliphatic carbocycles. The maximum absolute atomic E-state index is 10.5. The van der Waals surface area contributed by atoms with Crippen molar-refractivity contribution in [2.75, 3.05) is 13.1 Å². The van der Waals surface area contributed by atoms with Crippen LogP contribution in [0, 0.1) is 0 Å². The zero-order chi connectivity index (χ0) is 10.6. The standard InChI is InChI=1S/C8H14N2O4/c9-7(11)4-10-3-5-1-2-6(14-5)8(12)13/h5-6,10H,1-4H2,(H2,9,11)(H,12,13). The van der Waals surface area contributed by atoms with Crippen LogP contribution in [-0.4, -0.2) is 42.3 Å². The average Bonchev–Trinajstić information content (AvgIpc) is 2.52. The Balaban J connectivity index is 2.16. The maximum Gasteiger partial charge on any atom is 0.332 e. The summed E-state index contributed by atoms with van der Waals surface area (Å²) in [5, 5.41) is 11.4. The van der Waals surface area contributed by atoms with Gasteiger partial charge in [0.05, 0.1) is 12.6 Å². The lowest BCUT2D eigenvalue weighted by molar-refractivity contribution is -0.149. The Morgan fingerprint density at radius 3 is 2.71 bits per heavy atom. The van der Waals surface area contributed by atoms with E-state index in [0.717, 1.165) is 0 Å². The second-order valence-corrected chi connectivity index (χ2v) is 3.26. The molecule has 0 spiro atoms. The number of carboxylic acids is 1. The Bertz CT molecular complexity index is 231. The summed E-state index contributed by atoms with van der Waals surface area (Å²) in [7, 11) is 0. The van der Waals surface area contributed by atoms with Crippen LogP contribution in [0.5, 0.6) is 0 Å². The Kier molecular flexibility index (Phi) is 3.84. The first-order chi connectivity index (χ1) is 6.59. The molecule has 1 rings (SSSR count). The van der Waals surface area contributed by atoms with Gasteiger partial charge in [-0.2, -0.15) is 0 Å². The smallest absolute Gasteiger partial charge is 0.332 e. The van der Waals surface area contributed by atoms with E-state index in [2.05, 4.69) is 5.32 Å². The van der Waals surface area contributed by atoms with E-state index >= 15 is 0 Å². The van der Waals surface area contributed by atoms with Gasteiger partial charge in [-0.05, 0) is 12.8 Å². The number of aliphatic carboxylic acids is 1. The highest BCUT2D eigenvalue weighted by Crippen LogP contribution is 2.18. The van der Waals surface area contributed by atoms with Crippen LogP contribution in [-0.2, 0) is 14.3 Å². The summed E-state index contributed by atoms with van der Waals surface area (Å²) in [6.45, 7) is 0.560. The largest absolute Gasteiger partial charge is 0.479 e. The summed E-state index contributed by atoms with van der Waals surface area (Å²) >= 11 is 0. The molecule has 1 amide bonds. The zero-order valence-electron chi connectivity index (χ0n) is 7.73. The van der Waals surface area contributed by atoms with Crippen molar-refractivity contribution in [3.05, 3.63) is 0 Å². The van der Waals surface area contributed by atoms with Crippen LogP contribution in [0.3, 0.4) is 0 Å². The molecule has 0 aromatic heterocycles. The number of ether oxygens (including phenoxy) is 1. The third-order valence-corrected chi connectivity index (χ3v) is 2.05. The Hall–Kier alpha value is -1.14. The van der Waals surface area contributed by atoms with Crippen LogP contribution >= 0.6 is 0 Å². The zero-order valence-corrected chi connectivity index (χ0v) is 7.73. The second kappa shape index (κ2) is 4.92. The van der Waals surface area contributed by atoms with E-state index in [1.165, 1.54) is 0 Å². The van der Waals surface area contributed by atoms with Gasteiger partial charge in [-0.3, -0.25) is 4.79 Å². The maximum atomic E-state index is 10.5. The van der Waals surface area contributed by atoms with Crippen molar-refractivity contribution in [2.45, 2.75) is 25.0 Å². The molecule has 1 aliphatic heterocycles. The number of nitrogens with two attached hydrogens (primary N) is 1. The highest BCUT2D eigenvalue weighted by molar-refractivity contribution is 5.75. The van der Waals surface area contributed by atoms with Gasteiger partial charge >= 0.3 is 5.97 Å². The Morgan fingerprint density at radius 1 is 1.50 bits per heavy atom. The van der Waals surface area contributed by atoms with Crippen LogP contribution in [0.4, 0.5) is 0 Å². The molecule has 1 aliphatic rings. The average molecular weight is 202 g/mol. The van der Waals surface area contributed by atoms with Gasteiger partial charge in [-0.25, -0.2) is 4.79 Å². The predicted octanol–water partition coefficient (Wildman–Crippen LogP) is -1.31. The highest BCUT2D eigenvalue weighted by Gasteiger charge is 2.29. The van der Waals surface area contributed by atoms with Crippen molar-refractivity contribution < 1.29 is 19.4 Å². The number of nitrogens with one attached hydrogen (secondary N) is 1. The van der Waals surface area contributed by atoms with Gasteiger partial charge in [0.1, 0.15) is 0 Å². The molecule has 2 atom stereocenters. The van der Waals surface area contributed by atoms with E-state index in [1.54, 1.807) is 0 Å². The van der Waals surface area contributed by atoms with Crippen LogP contribution in [0.1, 0.15) is 12.8 Å². The summed E-state index contributed by atoms with van der Waals surface area (Å²) < 4.78 is 5.19. The monoisotopic (exact) mass is 202 g/mol. The number of hydrogen-bond donors (Lipinski definition) is 3. The molecular weight excluding hydrogens is 188 g/mol. The molecule has 6 nitrogen and oxygen atoms in total. The van der Waals surface area contributed by atoms with Gasteiger partial charge in [0.15, 0.2) is 6.10 Å². The molecule has 80 valence electrons. The molecule has 0 aromatic carbocycles. The lowest BCUT2D eigenvalue weighted by atomic mass is 10.2. The van der Waals surface area contributed by atoms with Gasteiger partial charge in [0, 0.05) is 6.54 Å². The number of hydrogen-bond acceptors (Lipinski definition) is 4. The highest BCUT2D eigenvalue weighted by atomic mass is 16.5. The summed E-state index contributed by atoms with van der Waals surface area (Å²) in [6.07, 6.45) is 0.395. The third kappa shape index (κ3) is 3.31. The molecule has 0 radical (unpaired) electrons. The van der Waals surface area contributed by atoms with Crippen LogP contribution < -0.4 is 11.1 Å². The SMILES string of the molecule is NC(=O)CNCC1CCC(C(=O)O)O1. The summed E-state index contributed by atoms with van der Waals surface area (Å²) in [5.74, 6) is -1.36. The summed E-state index contributed by atoms with van der Waals surface area (Å²) in [4.78, 5) is 20.9. The van der Waals surface area contributed by atoms with Crippen molar-refractivity contribution in [3.63, 3.8) is 0 Å². The van der Waals surface area contributed by atoms with Gasteiger partial charge in [-0.15, -0.1) is 0 Å². The number of primary amides is 1. The van der Waals surface area contributed by atoms with Crippen LogP contribution in [0.2, 0.25) is 0 Å². The number of rotatable bonds is 5. The van der Waals surface area contributed by atoms with Crippen molar-refractivity contribution in [3.8, 4) is 0 Å². The van der Waals surface area contributed by atoms with Gasteiger partial charge in [0.2, 0.25) is 5.91 Å². The molecule has 0 saturated carbocycles. The van der Waals surface area contributed by atoms with Gasteiger partial charge in [-0.1, -0.05) is 0 Å². The molecule has 2 unspecified atom stereocenters. The molecule has 0 bridgehead atoms. The van der Waals surface area contributed by atoms with Gasteiger partial charge in [0.25, 0.3) is 0 Å². The Morgan fingerprint density at radius 2 is 2.21 bits per heavy atom. The van der Waals surface area contributed by atoms with E-state index < -0.39 is 18.0 Å². The summed E-state index contributed by atoms with van der Waals surface area (Å²) in [6, 6.07) is 0. The van der Waals surface area contributed by atoms with E-state index in [-0.39, 0.29) is 12.6 Å². The quantitative estimate of drug-likeness (QED) is 0.514. The first-order valence-electron chi connectivity index (χ1n) is 4.47. The molecule has 6 heteroatoms. The Labute approximate surface area is 81.4 Å². The second-order valence-electron chi connectivity index (χ2n) is 3.26. The normalized spacial score (nSPS) is 26.3. The predicted molar refractivity (Wildman–Crippen MR) is 47.6 cm³/mol. The lowest BCUT2D eigenvalue weighted by Gasteiger charge is -2.10. The number of carbonyl (C=O) groups excluding carboxylic acids is 1. The third-order valence-electron chi connectivity index (χ3n) is 2.05. The van der Waals surface area contributed by atoms with Crippen molar-refractivity contribution in [1.82, 2.24) is 5.32 Å².